The predicted octanol–water partition coefficient (Wildman–Crippen LogP) is 3.17. The lowest BCUT2D eigenvalue weighted by molar-refractivity contribution is 0.00671. The third kappa shape index (κ3) is 4.60. The number of halogens is 1. The van der Waals surface area contributed by atoms with E-state index in [9.17, 15) is 0 Å². The first kappa shape index (κ1) is 17.9. The van der Waals surface area contributed by atoms with Crippen LogP contribution in [-0.4, -0.2) is 56.9 Å². The number of nitrogens with zero attached hydrogens (tertiary/aromatic N) is 1. The van der Waals surface area contributed by atoms with Crippen molar-refractivity contribution in [3.05, 3.63) is 33.8 Å². The van der Waals surface area contributed by atoms with Gasteiger partial charge in [-0.2, -0.15) is 0 Å². The van der Waals surface area contributed by atoms with E-state index >= 15 is 0 Å². The van der Waals surface area contributed by atoms with E-state index in [-0.39, 0.29) is 0 Å². The van der Waals surface area contributed by atoms with Crippen LogP contribution in [0.3, 0.4) is 0 Å². The second-order valence-electron chi connectivity index (χ2n) is 6.86. The van der Waals surface area contributed by atoms with E-state index in [0.29, 0.717) is 18.6 Å². The minimum Gasteiger partial charge on any atom is -0.489 e. The molecule has 3 rings (SSSR count). The molecule has 0 spiro atoms. The van der Waals surface area contributed by atoms with Crippen LogP contribution in [0.25, 0.3) is 6.08 Å². The Hall–Kier alpha value is -0.880. The van der Waals surface area contributed by atoms with Gasteiger partial charge in [-0.15, -0.1) is 0 Å². The van der Waals surface area contributed by atoms with Crippen LogP contribution < -0.4 is 10.1 Å². The number of nitrogens with one attached hydrogen (secondary N) is 1. The Morgan fingerprint density at radius 1 is 1.25 bits per heavy atom. The summed E-state index contributed by atoms with van der Waals surface area (Å²) in [6.45, 7) is 10.9. The molecule has 0 aliphatic carbocycles. The summed E-state index contributed by atoms with van der Waals surface area (Å²) >= 11 is 3.53. The molecule has 1 saturated heterocycles. The summed E-state index contributed by atoms with van der Waals surface area (Å²) in [6, 6.07) is 6.71. The Morgan fingerprint density at radius 3 is 2.79 bits per heavy atom. The van der Waals surface area contributed by atoms with Gasteiger partial charge in [0.05, 0.1) is 13.2 Å². The summed E-state index contributed by atoms with van der Waals surface area (Å²) in [7, 11) is 0. The number of fused-ring (bicyclic) bond motifs is 1. The van der Waals surface area contributed by atoms with E-state index in [2.05, 4.69) is 52.1 Å². The highest BCUT2D eigenvalue weighted by atomic mass is 79.9. The summed E-state index contributed by atoms with van der Waals surface area (Å²) in [4.78, 5) is 2.55. The van der Waals surface area contributed by atoms with Crippen molar-refractivity contribution in [3.8, 4) is 5.75 Å². The zero-order chi connectivity index (χ0) is 16.9. The van der Waals surface area contributed by atoms with Crippen molar-refractivity contribution in [1.29, 1.82) is 0 Å². The average Bonchev–Trinajstić information content (AvgIpc) is 2.58. The molecule has 1 atom stereocenters. The minimum absolute atomic E-state index is 0.556. The summed E-state index contributed by atoms with van der Waals surface area (Å²) < 4.78 is 12.4. The largest absolute Gasteiger partial charge is 0.489 e. The third-order valence-corrected chi connectivity index (χ3v) is 5.23. The van der Waals surface area contributed by atoms with Crippen LogP contribution in [0, 0.1) is 5.92 Å². The topological polar surface area (TPSA) is 33.7 Å². The number of ether oxygens (including phenoxy) is 2. The van der Waals surface area contributed by atoms with Crippen LogP contribution in [0.4, 0.5) is 0 Å². The van der Waals surface area contributed by atoms with Gasteiger partial charge in [-0.25, -0.2) is 0 Å². The zero-order valence-corrected chi connectivity index (χ0v) is 16.1. The molecule has 5 heteroatoms. The molecule has 1 fully saturated rings. The van der Waals surface area contributed by atoms with Gasteiger partial charge in [0.15, 0.2) is 0 Å². The van der Waals surface area contributed by atoms with Crippen molar-refractivity contribution < 1.29 is 9.47 Å². The molecule has 0 amide bonds. The summed E-state index contributed by atoms with van der Waals surface area (Å²) in [6.07, 6.45) is 2.25. The first-order valence-electron chi connectivity index (χ1n) is 8.78. The SMILES string of the molecule is CC(C)C(CNCC1=Cc2cc(Br)ccc2OC1)N1CCOCC1. The summed E-state index contributed by atoms with van der Waals surface area (Å²) in [5, 5.41) is 3.64. The number of hydrogen-bond donors (Lipinski definition) is 1. The van der Waals surface area contributed by atoms with Crippen molar-refractivity contribution in [1.82, 2.24) is 10.2 Å². The van der Waals surface area contributed by atoms with Crippen molar-refractivity contribution in [3.63, 3.8) is 0 Å². The van der Waals surface area contributed by atoms with E-state index < -0.39 is 0 Å². The molecule has 0 bridgehead atoms. The molecule has 2 aliphatic rings. The fraction of sp³-hybridized carbons (Fsp3) is 0.579. The maximum atomic E-state index is 5.86. The molecule has 132 valence electrons. The van der Waals surface area contributed by atoms with Crippen LogP contribution in [0.15, 0.2) is 28.2 Å². The molecule has 2 heterocycles. The number of morpholine rings is 1. The maximum absolute atomic E-state index is 5.86. The third-order valence-electron chi connectivity index (χ3n) is 4.73. The standard InChI is InChI=1S/C19H27BrN2O2/c1-14(2)18(22-5-7-23-8-6-22)12-21-11-15-9-16-10-17(20)3-4-19(16)24-13-15/h3-4,9-10,14,18,21H,5-8,11-13H2,1-2H3. The zero-order valence-electron chi connectivity index (χ0n) is 14.6. The molecule has 1 aromatic rings. The Bertz CT molecular complexity index is 583. The lowest BCUT2D eigenvalue weighted by atomic mass is 10.0. The van der Waals surface area contributed by atoms with Gasteiger partial charge in [0.25, 0.3) is 0 Å². The average molecular weight is 395 g/mol. The van der Waals surface area contributed by atoms with E-state index in [1.807, 2.05) is 12.1 Å². The quantitative estimate of drug-likeness (QED) is 0.803. The number of rotatable bonds is 6. The highest BCUT2D eigenvalue weighted by molar-refractivity contribution is 9.10. The summed E-state index contributed by atoms with van der Waals surface area (Å²) in [5.41, 5.74) is 2.45. The molecule has 1 N–H and O–H groups in total. The van der Waals surface area contributed by atoms with Gasteiger partial charge in [-0.3, -0.25) is 4.90 Å². The van der Waals surface area contributed by atoms with E-state index in [4.69, 9.17) is 9.47 Å². The Morgan fingerprint density at radius 2 is 2.04 bits per heavy atom. The van der Waals surface area contributed by atoms with Crippen molar-refractivity contribution in [2.45, 2.75) is 19.9 Å². The Labute approximate surface area is 153 Å². The number of benzene rings is 1. The highest BCUT2D eigenvalue weighted by Gasteiger charge is 2.23. The molecule has 24 heavy (non-hydrogen) atoms. The van der Waals surface area contributed by atoms with E-state index in [1.165, 1.54) is 5.57 Å². The lowest BCUT2D eigenvalue weighted by Gasteiger charge is -2.37. The summed E-state index contributed by atoms with van der Waals surface area (Å²) in [5.74, 6) is 1.60. The Balaban J connectivity index is 1.55. The predicted molar refractivity (Wildman–Crippen MR) is 102 cm³/mol. The smallest absolute Gasteiger partial charge is 0.127 e. The highest BCUT2D eigenvalue weighted by Crippen LogP contribution is 2.28. The molecular formula is C19H27BrN2O2. The molecule has 1 aromatic carbocycles. The van der Waals surface area contributed by atoms with Gasteiger partial charge in [0.1, 0.15) is 12.4 Å². The first-order chi connectivity index (χ1) is 11.6. The molecule has 0 aromatic heterocycles. The normalized spacial score (nSPS) is 19.6. The second-order valence-corrected chi connectivity index (χ2v) is 7.78. The molecule has 2 aliphatic heterocycles. The molecular weight excluding hydrogens is 368 g/mol. The van der Waals surface area contributed by atoms with Gasteiger partial charge in [0, 0.05) is 42.3 Å². The fourth-order valence-electron chi connectivity index (χ4n) is 3.37. The molecule has 0 radical (unpaired) electrons. The lowest BCUT2D eigenvalue weighted by Crippen LogP contribution is -2.50. The van der Waals surface area contributed by atoms with E-state index in [1.54, 1.807) is 0 Å². The van der Waals surface area contributed by atoms with Gasteiger partial charge in [0.2, 0.25) is 0 Å². The van der Waals surface area contributed by atoms with Crippen molar-refractivity contribution >= 4 is 22.0 Å². The number of hydrogen-bond acceptors (Lipinski definition) is 4. The fourth-order valence-corrected chi connectivity index (χ4v) is 3.75. The minimum atomic E-state index is 0.556. The monoisotopic (exact) mass is 394 g/mol. The Kier molecular flexibility index (Phi) is 6.33. The van der Waals surface area contributed by atoms with E-state index in [0.717, 1.165) is 55.2 Å². The molecule has 4 nitrogen and oxygen atoms in total. The van der Waals surface area contributed by atoms with Crippen molar-refractivity contribution in [2.24, 2.45) is 5.92 Å². The molecule has 1 unspecified atom stereocenters. The maximum Gasteiger partial charge on any atom is 0.127 e. The van der Waals surface area contributed by atoms with Crippen LogP contribution >= 0.6 is 15.9 Å². The van der Waals surface area contributed by atoms with Crippen LogP contribution in [-0.2, 0) is 4.74 Å². The van der Waals surface area contributed by atoms with Gasteiger partial charge in [-0.1, -0.05) is 29.8 Å². The van der Waals surface area contributed by atoms with Crippen LogP contribution in [0.1, 0.15) is 19.4 Å². The first-order valence-corrected chi connectivity index (χ1v) is 9.57. The second kappa shape index (κ2) is 8.48. The van der Waals surface area contributed by atoms with Gasteiger partial charge >= 0.3 is 0 Å². The molecule has 0 saturated carbocycles. The van der Waals surface area contributed by atoms with Gasteiger partial charge in [-0.05, 0) is 35.8 Å². The van der Waals surface area contributed by atoms with Gasteiger partial charge < -0.3 is 14.8 Å². The van der Waals surface area contributed by atoms with Crippen LogP contribution in [0.2, 0.25) is 0 Å². The van der Waals surface area contributed by atoms with Crippen LogP contribution in [0.5, 0.6) is 5.75 Å². The van der Waals surface area contributed by atoms with Crippen molar-refractivity contribution in [2.75, 3.05) is 46.0 Å².